The van der Waals surface area contributed by atoms with Crippen molar-refractivity contribution in [3.8, 4) is 11.5 Å². The first-order valence-electron chi connectivity index (χ1n) is 12.4. The van der Waals surface area contributed by atoms with Crippen LogP contribution in [0.5, 0.6) is 11.5 Å². The van der Waals surface area contributed by atoms with E-state index in [1.54, 1.807) is 36.4 Å². The van der Waals surface area contributed by atoms with Crippen molar-refractivity contribution in [2.45, 2.75) is 18.2 Å². The van der Waals surface area contributed by atoms with Crippen LogP contribution in [0.1, 0.15) is 12.5 Å². The monoisotopic (exact) mass is 532 g/mol. The quantitative estimate of drug-likeness (QED) is 0.292. The molecule has 4 rings (SSSR count). The highest BCUT2D eigenvalue weighted by Crippen LogP contribution is 2.35. The number of sulfonamides is 1. The van der Waals surface area contributed by atoms with E-state index in [0.29, 0.717) is 18.0 Å². The maximum atomic E-state index is 13.7. The predicted molar refractivity (Wildman–Crippen MR) is 150 cm³/mol. The number of rotatable bonds is 11. The van der Waals surface area contributed by atoms with Crippen LogP contribution in [-0.2, 0) is 21.2 Å². The lowest BCUT2D eigenvalue weighted by Crippen LogP contribution is -2.42. The zero-order chi connectivity index (χ0) is 27.1. The topological polar surface area (TPSA) is 84.9 Å². The van der Waals surface area contributed by atoms with Gasteiger partial charge in [-0.2, -0.15) is 0 Å². The van der Waals surface area contributed by atoms with Gasteiger partial charge < -0.3 is 14.8 Å². The highest BCUT2D eigenvalue weighted by molar-refractivity contribution is 7.92. The first-order chi connectivity index (χ1) is 18.3. The minimum atomic E-state index is -4.08. The Kier molecular flexibility index (Phi) is 8.53. The molecule has 1 amide bonds. The number of hydrogen-bond acceptors (Lipinski definition) is 5. The number of anilines is 1. The molecule has 0 saturated heterocycles. The van der Waals surface area contributed by atoms with E-state index in [4.69, 9.17) is 9.47 Å². The molecule has 0 bridgehead atoms. The number of hydrogen-bond donors (Lipinski definition) is 1. The van der Waals surface area contributed by atoms with Gasteiger partial charge in [0.15, 0.2) is 0 Å². The third-order valence-corrected chi connectivity index (χ3v) is 8.14. The first kappa shape index (κ1) is 27.0. The largest absolute Gasteiger partial charge is 0.497 e. The standard InChI is InChI=1S/C30H32N2O5S/c1-22(18-24-12-9-11-23-10-7-8-15-27(23)24)20-31-30(33)21-32(38(34,35)26-13-5-4-6-14-26)28-19-25(36-2)16-17-29(28)37-3/h4-17,19,22H,18,20-21H2,1-3H3,(H,31,33). The normalized spacial score (nSPS) is 12.1. The number of benzene rings is 4. The van der Waals surface area contributed by atoms with Crippen LogP contribution < -0.4 is 19.1 Å². The third kappa shape index (κ3) is 6.08. The molecule has 1 N–H and O–H groups in total. The molecule has 1 atom stereocenters. The summed E-state index contributed by atoms with van der Waals surface area (Å²) in [7, 11) is -1.14. The molecule has 0 heterocycles. The average molecular weight is 533 g/mol. The second-order valence-corrected chi connectivity index (χ2v) is 11.0. The second-order valence-electron chi connectivity index (χ2n) is 9.11. The Hall–Kier alpha value is -4.04. The van der Waals surface area contributed by atoms with E-state index >= 15 is 0 Å². The number of amides is 1. The number of fused-ring (bicyclic) bond motifs is 1. The highest BCUT2D eigenvalue weighted by atomic mass is 32.2. The minimum Gasteiger partial charge on any atom is -0.497 e. The average Bonchev–Trinajstić information content (AvgIpc) is 2.95. The summed E-state index contributed by atoms with van der Waals surface area (Å²) in [6, 6.07) is 27.3. The van der Waals surface area contributed by atoms with E-state index in [9.17, 15) is 13.2 Å². The maximum absolute atomic E-state index is 13.7. The molecular formula is C30H32N2O5S. The van der Waals surface area contributed by atoms with Crippen molar-refractivity contribution in [1.82, 2.24) is 5.32 Å². The molecule has 198 valence electrons. The molecular weight excluding hydrogens is 500 g/mol. The number of nitrogens with zero attached hydrogens (tertiary/aromatic N) is 1. The van der Waals surface area contributed by atoms with Crippen LogP contribution in [0.15, 0.2) is 95.9 Å². The van der Waals surface area contributed by atoms with Gasteiger partial charge >= 0.3 is 0 Å². The molecule has 0 fully saturated rings. The summed E-state index contributed by atoms with van der Waals surface area (Å²) in [6.07, 6.45) is 0.775. The fourth-order valence-electron chi connectivity index (χ4n) is 4.40. The Labute approximate surface area is 224 Å². The van der Waals surface area contributed by atoms with Crippen molar-refractivity contribution in [1.29, 1.82) is 0 Å². The summed E-state index contributed by atoms with van der Waals surface area (Å²) in [5, 5.41) is 5.29. The van der Waals surface area contributed by atoms with Gasteiger partial charge in [0.25, 0.3) is 10.0 Å². The van der Waals surface area contributed by atoms with Crippen molar-refractivity contribution in [3.05, 3.63) is 96.6 Å². The Bertz CT molecular complexity index is 1500. The fourth-order valence-corrected chi connectivity index (χ4v) is 5.85. The van der Waals surface area contributed by atoms with E-state index in [1.807, 2.05) is 18.2 Å². The number of nitrogens with one attached hydrogen (secondary N) is 1. The number of methoxy groups -OCH3 is 2. The minimum absolute atomic E-state index is 0.0713. The van der Waals surface area contributed by atoms with E-state index in [0.717, 1.165) is 10.7 Å². The van der Waals surface area contributed by atoms with Crippen molar-refractivity contribution < 1.29 is 22.7 Å². The van der Waals surface area contributed by atoms with Gasteiger partial charge in [-0.3, -0.25) is 9.10 Å². The number of ether oxygens (including phenoxy) is 2. The predicted octanol–water partition coefficient (Wildman–Crippen LogP) is 5.05. The summed E-state index contributed by atoms with van der Waals surface area (Å²) in [5.74, 6) is 0.468. The zero-order valence-corrected chi connectivity index (χ0v) is 22.6. The van der Waals surface area contributed by atoms with Crippen molar-refractivity contribution >= 4 is 32.4 Å². The molecule has 1 unspecified atom stereocenters. The number of carbonyl (C=O) groups excluding carboxylic acids is 1. The maximum Gasteiger partial charge on any atom is 0.264 e. The van der Waals surface area contributed by atoms with Gasteiger partial charge in [0.1, 0.15) is 18.0 Å². The molecule has 7 nitrogen and oxygen atoms in total. The molecule has 0 radical (unpaired) electrons. The molecule has 0 aliphatic carbocycles. The van der Waals surface area contributed by atoms with Crippen LogP contribution >= 0.6 is 0 Å². The van der Waals surface area contributed by atoms with Gasteiger partial charge in [0, 0.05) is 12.6 Å². The molecule has 0 saturated carbocycles. The molecule has 0 spiro atoms. The van der Waals surface area contributed by atoms with E-state index in [-0.39, 0.29) is 16.5 Å². The van der Waals surface area contributed by atoms with Gasteiger partial charge in [-0.1, -0.05) is 67.6 Å². The van der Waals surface area contributed by atoms with Crippen molar-refractivity contribution in [3.63, 3.8) is 0 Å². The molecule has 0 aliphatic rings. The van der Waals surface area contributed by atoms with Crippen LogP contribution in [0.2, 0.25) is 0 Å². The third-order valence-electron chi connectivity index (χ3n) is 6.37. The van der Waals surface area contributed by atoms with E-state index < -0.39 is 22.5 Å². The Balaban J connectivity index is 1.54. The van der Waals surface area contributed by atoms with Gasteiger partial charge in [0.05, 0.1) is 24.8 Å². The molecule has 38 heavy (non-hydrogen) atoms. The summed E-state index contributed by atoms with van der Waals surface area (Å²) in [6.45, 7) is 2.05. The first-order valence-corrected chi connectivity index (χ1v) is 13.8. The second kappa shape index (κ2) is 12.0. The van der Waals surface area contributed by atoms with E-state index in [2.05, 4.69) is 36.5 Å². The van der Waals surface area contributed by atoms with Crippen molar-refractivity contribution in [2.75, 3.05) is 31.6 Å². The number of carbonyl (C=O) groups is 1. The van der Waals surface area contributed by atoms with Crippen LogP contribution in [0.4, 0.5) is 5.69 Å². The zero-order valence-electron chi connectivity index (χ0n) is 21.8. The molecule has 8 heteroatoms. The Morgan fingerprint density at radius 3 is 2.34 bits per heavy atom. The van der Waals surface area contributed by atoms with Crippen LogP contribution in [0, 0.1) is 5.92 Å². The molecule has 0 aromatic heterocycles. The van der Waals surface area contributed by atoms with Gasteiger partial charge in [-0.15, -0.1) is 0 Å². The lowest BCUT2D eigenvalue weighted by atomic mass is 9.96. The Morgan fingerprint density at radius 1 is 0.895 bits per heavy atom. The summed E-state index contributed by atoms with van der Waals surface area (Å²) in [4.78, 5) is 13.2. The lowest BCUT2D eigenvalue weighted by molar-refractivity contribution is -0.119. The van der Waals surface area contributed by atoms with E-state index in [1.165, 1.54) is 42.7 Å². The van der Waals surface area contributed by atoms with Crippen molar-refractivity contribution in [2.24, 2.45) is 5.92 Å². The van der Waals surface area contributed by atoms with Crippen LogP contribution in [0.3, 0.4) is 0 Å². The van der Waals surface area contributed by atoms with Gasteiger partial charge in [0.2, 0.25) is 5.91 Å². The van der Waals surface area contributed by atoms with Gasteiger partial charge in [-0.05, 0) is 52.9 Å². The summed E-state index contributed by atoms with van der Waals surface area (Å²) < 4.78 is 39.2. The molecule has 0 aliphatic heterocycles. The summed E-state index contributed by atoms with van der Waals surface area (Å²) in [5.41, 5.74) is 1.42. The molecule has 4 aromatic rings. The van der Waals surface area contributed by atoms with Crippen LogP contribution in [0.25, 0.3) is 10.8 Å². The SMILES string of the molecule is COc1ccc(OC)c(N(CC(=O)NCC(C)Cc2cccc3ccccc23)S(=O)(=O)c2ccccc2)c1. The Morgan fingerprint density at radius 2 is 1.61 bits per heavy atom. The smallest absolute Gasteiger partial charge is 0.264 e. The summed E-state index contributed by atoms with van der Waals surface area (Å²) >= 11 is 0. The van der Waals surface area contributed by atoms with Gasteiger partial charge in [-0.25, -0.2) is 8.42 Å². The lowest BCUT2D eigenvalue weighted by Gasteiger charge is -2.26. The molecule has 4 aromatic carbocycles. The fraction of sp³-hybridized carbons (Fsp3) is 0.233. The van der Waals surface area contributed by atoms with Crippen LogP contribution in [-0.4, -0.2) is 41.6 Å². The highest BCUT2D eigenvalue weighted by Gasteiger charge is 2.30.